The van der Waals surface area contributed by atoms with E-state index < -0.39 is 5.60 Å². The van der Waals surface area contributed by atoms with E-state index in [1.807, 2.05) is 19.1 Å². The van der Waals surface area contributed by atoms with Gasteiger partial charge < -0.3 is 24.9 Å². The monoisotopic (exact) mass is 528 g/mol. The minimum atomic E-state index is -1.13. The first-order chi connectivity index (χ1) is 14.1. The van der Waals surface area contributed by atoms with Crippen molar-refractivity contribution >= 4 is 29.9 Å². The maximum absolute atomic E-state index is 10.6. The second-order valence-electron chi connectivity index (χ2n) is 7.68. The number of pyridine rings is 1. The molecule has 0 aliphatic heterocycles. The Labute approximate surface area is 195 Å². The average molecular weight is 528 g/mol. The summed E-state index contributed by atoms with van der Waals surface area (Å²) in [5, 5.41) is 17.0. The molecule has 1 fully saturated rings. The van der Waals surface area contributed by atoms with E-state index in [0.29, 0.717) is 24.1 Å². The van der Waals surface area contributed by atoms with Crippen molar-refractivity contribution in [3.8, 4) is 5.88 Å². The van der Waals surface area contributed by atoms with Crippen molar-refractivity contribution in [2.75, 3.05) is 13.1 Å². The molecule has 0 radical (unpaired) electrons. The second kappa shape index (κ2) is 12.1. The molecule has 0 aromatic carbocycles. The largest absolute Gasteiger partial charge is 0.474 e. The molecule has 1 aliphatic rings. The molecule has 7 nitrogen and oxygen atoms in total. The van der Waals surface area contributed by atoms with Crippen LogP contribution in [0.25, 0.3) is 0 Å². The van der Waals surface area contributed by atoms with Crippen LogP contribution in [-0.4, -0.2) is 35.2 Å². The zero-order chi connectivity index (χ0) is 20.5. The van der Waals surface area contributed by atoms with Crippen molar-refractivity contribution in [1.29, 1.82) is 0 Å². The molecular weight excluding hydrogens is 495 g/mol. The Morgan fingerprint density at radius 2 is 2.10 bits per heavy atom. The Hall–Kier alpha value is -1.81. The first-order valence-corrected chi connectivity index (χ1v) is 10.5. The van der Waals surface area contributed by atoms with Crippen LogP contribution in [-0.2, 0) is 12.1 Å². The highest BCUT2D eigenvalue weighted by Crippen LogP contribution is 2.23. The van der Waals surface area contributed by atoms with Crippen LogP contribution in [0.2, 0.25) is 0 Å². The summed E-state index contributed by atoms with van der Waals surface area (Å²) in [4.78, 5) is 8.97. The molecule has 2 heterocycles. The second-order valence-corrected chi connectivity index (χ2v) is 7.68. The van der Waals surface area contributed by atoms with Gasteiger partial charge in [-0.25, -0.2) is 9.98 Å². The maximum atomic E-state index is 10.6. The summed E-state index contributed by atoms with van der Waals surface area (Å²) < 4.78 is 11.4. The van der Waals surface area contributed by atoms with Crippen LogP contribution in [0.3, 0.4) is 0 Å². The van der Waals surface area contributed by atoms with Gasteiger partial charge in [-0.1, -0.05) is 6.42 Å². The number of ether oxygens (including phenoxy) is 1. The van der Waals surface area contributed by atoms with Crippen LogP contribution in [0, 0.1) is 0 Å². The van der Waals surface area contributed by atoms with Crippen LogP contribution in [0.1, 0.15) is 57.3 Å². The molecule has 8 heteroatoms. The number of guanidine groups is 1. The lowest BCUT2D eigenvalue weighted by atomic mass is 9.98. The first kappa shape index (κ1) is 24.5. The van der Waals surface area contributed by atoms with Gasteiger partial charge in [0.2, 0.25) is 5.88 Å². The molecule has 2 aromatic heterocycles. The van der Waals surface area contributed by atoms with E-state index in [4.69, 9.17) is 9.15 Å². The topological polar surface area (TPSA) is 91.9 Å². The third-order valence-electron chi connectivity index (χ3n) is 5.05. The number of nitrogens with zero attached hydrogens (tertiary/aromatic N) is 2. The minimum absolute atomic E-state index is 0. The predicted octanol–water partition coefficient (Wildman–Crippen LogP) is 3.97. The van der Waals surface area contributed by atoms with E-state index in [2.05, 4.69) is 20.6 Å². The fourth-order valence-corrected chi connectivity index (χ4v) is 3.41. The number of nitrogens with one attached hydrogen (secondary N) is 2. The van der Waals surface area contributed by atoms with Crippen molar-refractivity contribution in [2.24, 2.45) is 4.99 Å². The Morgan fingerprint density at radius 1 is 1.30 bits per heavy atom. The van der Waals surface area contributed by atoms with E-state index in [1.165, 1.54) is 19.3 Å². The van der Waals surface area contributed by atoms with Gasteiger partial charge in [0.1, 0.15) is 17.5 Å². The van der Waals surface area contributed by atoms with Crippen molar-refractivity contribution in [3.05, 3.63) is 48.0 Å². The highest BCUT2D eigenvalue weighted by atomic mass is 127. The first-order valence-electron chi connectivity index (χ1n) is 10.5. The standard InChI is InChI=1S/C22H32N4O3.HI/c1-3-23-21(26-16-22(2,27)19-10-7-13-28-19)25-15-17-11-12-24-20(14-17)29-18-8-5-4-6-9-18;/h7,10-14,18,27H,3-6,8-9,15-16H2,1-2H3,(H2,23,25,26);1H. The number of aromatic nitrogens is 1. The van der Waals surface area contributed by atoms with Gasteiger partial charge in [0.25, 0.3) is 0 Å². The molecule has 166 valence electrons. The molecule has 3 rings (SSSR count). The van der Waals surface area contributed by atoms with E-state index in [9.17, 15) is 5.11 Å². The molecule has 3 N–H and O–H groups in total. The fraction of sp³-hybridized carbons (Fsp3) is 0.545. The van der Waals surface area contributed by atoms with Crippen molar-refractivity contribution in [1.82, 2.24) is 15.6 Å². The third kappa shape index (κ3) is 7.46. The van der Waals surface area contributed by atoms with E-state index in [-0.39, 0.29) is 36.6 Å². The molecule has 0 saturated heterocycles. The summed E-state index contributed by atoms with van der Waals surface area (Å²) in [7, 11) is 0. The number of aliphatic hydroxyl groups is 1. The van der Waals surface area contributed by atoms with E-state index in [0.717, 1.165) is 24.9 Å². The SMILES string of the molecule is CCNC(=NCc1ccnc(OC2CCCCC2)c1)NCC(C)(O)c1ccco1.I. The Balaban J connectivity index is 0.00000320. The van der Waals surface area contributed by atoms with Gasteiger partial charge in [0.15, 0.2) is 5.96 Å². The number of aliphatic imine (C=N–C) groups is 1. The molecule has 0 spiro atoms. The lowest BCUT2D eigenvalue weighted by Crippen LogP contribution is -2.44. The lowest BCUT2D eigenvalue weighted by molar-refractivity contribution is 0.0386. The molecule has 0 bridgehead atoms. The van der Waals surface area contributed by atoms with Crippen molar-refractivity contribution in [2.45, 2.75) is 64.2 Å². The molecule has 1 atom stereocenters. The van der Waals surface area contributed by atoms with Crippen LogP contribution >= 0.6 is 24.0 Å². The maximum Gasteiger partial charge on any atom is 0.213 e. The molecule has 1 aliphatic carbocycles. The van der Waals surface area contributed by atoms with Gasteiger partial charge in [-0.2, -0.15) is 0 Å². The predicted molar refractivity (Wildman–Crippen MR) is 128 cm³/mol. The number of hydrogen-bond acceptors (Lipinski definition) is 5. The highest BCUT2D eigenvalue weighted by Gasteiger charge is 2.26. The van der Waals surface area contributed by atoms with Gasteiger partial charge in [-0.3, -0.25) is 0 Å². The summed E-state index contributed by atoms with van der Waals surface area (Å²) in [6.07, 6.45) is 9.57. The van der Waals surface area contributed by atoms with Crippen LogP contribution in [0.4, 0.5) is 0 Å². The zero-order valence-electron chi connectivity index (χ0n) is 17.8. The molecule has 2 aromatic rings. The number of furan rings is 1. The van der Waals surface area contributed by atoms with Crippen LogP contribution in [0.15, 0.2) is 46.1 Å². The van der Waals surface area contributed by atoms with Gasteiger partial charge in [0.05, 0.1) is 19.4 Å². The minimum Gasteiger partial charge on any atom is -0.474 e. The molecule has 0 amide bonds. The Bertz CT molecular complexity index is 774. The van der Waals surface area contributed by atoms with E-state index in [1.54, 1.807) is 31.5 Å². The number of halogens is 1. The van der Waals surface area contributed by atoms with Crippen LogP contribution < -0.4 is 15.4 Å². The summed E-state index contributed by atoms with van der Waals surface area (Å²) in [6.45, 7) is 5.20. The Kier molecular flexibility index (Phi) is 9.90. The van der Waals surface area contributed by atoms with Crippen molar-refractivity contribution < 1.29 is 14.3 Å². The van der Waals surface area contributed by atoms with Gasteiger partial charge in [-0.15, -0.1) is 24.0 Å². The number of hydrogen-bond donors (Lipinski definition) is 3. The summed E-state index contributed by atoms with van der Waals surface area (Å²) in [5.74, 6) is 1.81. The van der Waals surface area contributed by atoms with Crippen molar-refractivity contribution in [3.63, 3.8) is 0 Å². The molecule has 1 saturated carbocycles. The fourth-order valence-electron chi connectivity index (χ4n) is 3.41. The molecular formula is C22H33IN4O3. The normalized spacial score (nSPS) is 17.0. The Morgan fingerprint density at radius 3 is 2.80 bits per heavy atom. The quantitative estimate of drug-likeness (QED) is 0.273. The summed E-state index contributed by atoms with van der Waals surface area (Å²) in [5.41, 5.74) is -0.0991. The summed E-state index contributed by atoms with van der Waals surface area (Å²) >= 11 is 0. The zero-order valence-corrected chi connectivity index (χ0v) is 20.1. The smallest absolute Gasteiger partial charge is 0.213 e. The lowest BCUT2D eigenvalue weighted by Gasteiger charge is -2.23. The third-order valence-corrected chi connectivity index (χ3v) is 5.05. The summed E-state index contributed by atoms with van der Waals surface area (Å²) in [6, 6.07) is 7.43. The highest BCUT2D eigenvalue weighted by molar-refractivity contribution is 14.0. The molecule has 30 heavy (non-hydrogen) atoms. The van der Waals surface area contributed by atoms with Gasteiger partial charge >= 0.3 is 0 Å². The molecule has 1 unspecified atom stereocenters. The average Bonchev–Trinajstić information content (AvgIpc) is 3.27. The van der Waals surface area contributed by atoms with Gasteiger partial charge in [0, 0.05) is 18.8 Å². The van der Waals surface area contributed by atoms with E-state index >= 15 is 0 Å². The van der Waals surface area contributed by atoms with Crippen LogP contribution in [0.5, 0.6) is 5.88 Å². The number of rotatable bonds is 8. The van der Waals surface area contributed by atoms with Gasteiger partial charge in [-0.05, 0) is 63.3 Å².